The Balaban J connectivity index is 2.10. The number of carbonyl (C=O) groups is 1. The van der Waals surface area contributed by atoms with E-state index in [1.165, 1.54) is 0 Å². The summed E-state index contributed by atoms with van der Waals surface area (Å²) in [6.45, 7) is 7.85. The fourth-order valence-corrected chi connectivity index (χ4v) is 2.63. The first-order chi connectivity index (χ1) is 6.43. The summed E-state index contributed by atoms with van der Waals surface area (Å²) in [6, 6.07) is 0.258. The molecule has 0 unspecified atom stereocenters. The van der Waals surface area contributed by atoms with Crippen LogP contribution in [0.15, 0.2) is 0 Å². The average Bonchev–Trinajstić information content (AvgIpc) is 2.52. The maximum Gasteiger partial charge on any atom is 0.408 e. The Kier molecular flexibility index (Phi) is 2.00. The van der Waals surface area contributed by atoms with Crippen LogP contribution in [-0.2, 0) is 0 Å². The van der Waals surface area contributed by atoms with Crippen LogP contribution in [0, 0.1) is 11.8 Å². The van der Waals surface area contributed by atoms with Gasteiger partial charge in [0.15, 0.2) is 0 Å². The van der Waals surface area contributed by atoms with E-state index in [4.69, 9.17) is 0 Å². The van der Waals surface area contributed by atoms with Crippen molar-refractivity contribution >= 4 is 6.09 Å². The molecule has 1 aliphatic carbocycles. The molecule has 2 N–H and O–H groups in total. The smallest absolute Gasteiger partial charge is 0.408 e. The number of carboxylic acid groups (broad SMARTS) is 1. The van der Waals surface area contributed by atoms with E-state index in [1.807, 2.05) is 20.8 Å². The van der Waals surface area contributed by atoms with Gasteiger partial charge in [-0.05, 0) is 32.6 Å². The lowest BCUT2D eigenvalue weighted by Gasteiger charge is -2.34. The fraction of sp³-hybridized carbons (Fsp3) is 0.900. The van der Waals surface area contributed by atoms with Gasteiger partial charge in [0.05, 0.1) is 0 Å². The van der Waals surface area contributed by atoms with Crippen molar-refractivity contribution in [3.63, 3.8) is 0 Å². The monoisotopic (exact) mass is 198 g/mol. The molecule has 1 amide bonds. The molecule has 1 saturated carbocycles. The molecule has 14 heavy (non-hydrogen) atoms. The molecule has 0 bridgehead atoms. The van der Waals surface area contributed by atoms with Gasteiger partial charge < -0.3 is 10.4 Å². The van der Waals surface area contributed by atoms with Crippen LogP contribution in [0.25, 0.3) is 0 Å². The Bertz CT molecular complexity index is 249. The Hall–Kier alpha value is -0.770. The molecule has 2 fully saturated rings. The van der Waals surface area contributed by atoms with Gasteiger partial charge in [-0.15, -0.1) is 0 Å². The molecule has 1 saturated heterocycles. The van der Waals surface area contributed by atoms with Gasteiger partial charge in [0, 0.05) is 24.7 Å². The molecule has 1 heterocycles. The van der Waals surface area contributed by atoms with Crippen LogP contribution in [-0.4, -0.2) is 40.8 Å². The predicted molar refractivity (Wildman–Crippen MR) is 53.3 cm³/mol. The largest absolute Gasteiger partial charge is 0.465 e. The summed E-state index contributed by atoms with van der Waals surface area (Å²) >= 11 is 0. The molecule has 0 spiro atoms. The predicted octanol–water partition coefficient (Wildman–Crippen LogP) is 0.983. The van der Waals surface area contributed by atoms with Crippen molar-refractivity contribution in [3.8, 4) is 0 Å². The third kappa shape index (κ3) is 1.38. The quantitative estimate of drug-likeness (QED) is 0.660. The maximum atomic E-state index is 11.2. The molecule has 3 atom stereocenters. The van der Waals surface area contributed by atoms with Gasteiger partial charge in [-0.2, -0.15) is 0 Å². The van der Waals surface area contributed by atoms with E-state index < -0.39 is 6.09 Å². The zero-order valence-corrected chi connectivity index (χ0v) is 8.95. The van der Waals surface area contributed by atoms with Crippen molar-refractivity contribution in [2.75, 3.05) is 13.1 Å². The van der Waals surface area contributed by atoms with Crippen molar-refractivity contribution in [2.24, 2.45) is 11.8 Å². The first-order valence-corrected chi connectivity index (χ1v) is 5.16. The highest BCUT2D eigenvalue weighted by Crippen LogP contribution is 2.47. The van der Waals surface area contributed by atoms with Crippen molar-refractivity contribution in [1.29, 1.82) is 0 Å². The second-order valence-electron chi connectivity index (χ2n) is 5.30. The topological polar surface area (TPSA) is 52.6 Å². The molecule has 1 aliphatic heterocycles. The Morgan fingerprint density at radius 3 is 2.21 bits per heavy atom. The number of hydrogen-bond acceptors (Lipinski definition) is 2. The van der Waals surface area contributed by atoms with Gasteiger partial charge >= 0.3 is 6.09 Å². The summed E-state index contributed by atoms with van der Waals surface area (Å²) in [6.07, 6.45) is -0.781. The lowest BCUT2D eigenvalue weighted by Crippen LogP contribution is -2.48. The molecule has 2 rings (SSSR count). The molecule has 4 nitrogen and oxygen atoms in total. The molecule has 4 heteroatoms. The lowest BCUT2D eigenvalue weighted by molar-refractivity contribution is 0.0874. The van der Waals surface area contributed by atoms with Crippen LogP contribution in [0.4, 0.5) is 4.79 Å². The Morgan fingerprint density at radius 1 is 1.36 bits per heavy atom. The zero-order valence-electron chi connectivity index (χ0n) is 8.95. The van der Waals surface area contributed by atoms with E-state index in [0.29, 0.717) is 11.8 Å². The van der Waals surface area contributed by atoms with Crippen molar-refractivity contribution in [1.82, 2.24) is 10.2 Å². The van der Waals surface area contributed by atoms with Gasteiger partial charge in [-0.3, -0.25) is 4.90 Å². The molecular formula is C10H18N2O2. The van der Waals surface area contributed by atoms with Crippen LogP contribution in [0.1, 0.15) is 20.8 Å². The first kappa shape index (κ1) is 9.77. The molecule has 0 aromatic carbocycles. The summed E-state index contributed by atoms with van der Waals surface area (Å²) in [7, 11) is 0. The van der Waals surface area contributed by atoms with Crippen LogP contribution in [0.5, 0.6) is 0 Å². The van der Waals surface area contributed by atoms with Crippen molar-refractivity contribution < 1.29 is 9.90 Å². The third-order valence-electron chi connectivity index (χ3n) is 3.27. The summed E-state index contributed by atoms with van der Waals surface area (Å²) < 4.78 is 0. The van der Waals surface area contributed by atoms with Crippen LogP contribution < -0.4 is 5.32 Å². The molecule has 0 aromatic heterocycles. The standard InChI is InChI=1S/C10H18N2O2/c1-10(2,3)12(9(13)14)8-6-4-11-5-7(6)8/h6-8,11H,4-5H2,1-3H3,(H,13,14)/t6-,7+,8-. The van der Waals surface area contributed by atoms with Crippen LogP contribution in [0.3, 0.4) is 0 Å². The van der Waals surface area contributed by atoms with E-state index >= 15 is 0 Å². The lowest BCUT2D eigenvalue weighted by atomic mass is 10.1. The highest BCUT2D eigenvalue weighted by atomic mass is 16.4. The van der Waals surface area contributed by atoms with Crippen molar-refractivity contribution in [3.05, 3.63) is 0 Å². The summed E-state index contributed by atoms with van der Waals surface area (Å²) in [5.41, 5.74) is -0.277. The number of hydrogen-bond donors (Lipinski definition) is 2. The van der Waals surface area contributed by atoms with E-state index in [-0.39, 0.29) is 11.6 Å². The number of fused-ring (bicyclic) bond motifs is 1. The Morgan fingerprint density at radius 2 is 1.86 bits per heavy atom. The minimum Gasteiger partial charge on any atom is -0.465 e. The van der Waals surface area contributed by atoms with Gasteiger partial charge in [-0.25, -0.2) is 4.79 Å². The third-order valence-corrected chi connectivity index (χ3v) is 3.27. The number of nitrogens with one attached hydrogen (secondary N) is 1. The minimum atomic E-state index is -0.781. The Labute approximate surface area is 84.3 Å². The normalized spacial score (nSPS) is 35.2. The molecule has 0 aromatic rings. The van der Waals surface area contributed by atoms with Crippen molar-refractivity contribution in [2.45, 2.75) is 32.4 Å². The van der Waals surface area contributed by atoms with Gasteiger partial charge in [0.25, 0.3) is 0 Å². The summed E-state index contributed by atoms with van der Waals surface area (Å²) in [5.74, 6) is 1.12. The highest BCUT2D eigenvalue weighted by Gasteiger charge is 2.59. The van der Waals surface area contributed by atoms with E-state index in [2.05, 4.69) is 5.32 Å². The highest BCUT2D eigenvalue weighted by molar-refractivity contribution is 5.67. The number of piperidine rings is 1. The molecule has 2 aliphatic rings. The van der Waals surface area contributed by atoms with Gasteiger partial charge in [0.1, 0.15) is 0 Å². The molecule has 0 radical (unpaired) electrons. The zero-order chi connectivity index (χ0) is 10.5. The van der Waals surface area contributed by atoms with E-state index in [0.717, 1.165) is 13.1 Å². The minimum absolute atomic E-state index is 0.258. The van der Waals surface area contributed by atoms with Gasteiger partial charge in [0.2, 0.25) is 0 Å². The number of amides is 1. The average molecular weight is 198 g/mol. The second kappa shape index (κ2) is 2.86. The SMILES string of the molecule is CC(C)(C)N(C(=O)O)[C@@H]1[C@@H]2CNC[C@@H]21. The second-order valence-corrected chi connectivity index (χ2v) is 5.30. The van der Waals surface area contributed by atoms with Crippen LogP contribution in [0.2, 0.25) is 0 Å². The number of nitrogens with zero attached hydrogens (tertiary/aromatic N) is 1. The van der Waals surface area contributed by atoms with E-state index in [1.54, 1.807) is 4.90 Å². The first-order valence-electron chi connectivity index (χ1n) is 5.16. The summed E-state index contributed by atoms with van der Waals surface area (Å²) in [5, 5.41) is 12.5. The maximum absolute atomic E-state index is 11.2. The number of rotatable bonds is 1. The molecule has 80 valence electrons. The van der Waals surface area contributed by atoms with Crippen LogP contribution >= 0.6 is 0 Å². The van der Waals surface area contributed by atoms with E-state index in [9.17, 15) is 9.90 Å². The summed E-state index contributed by atoms with van der Waals surface area (Å²) in [4.78, 5) is 12.8. The fourth-order valence-electron chi connectivity index (χ4n) is 2.63. The molecular weight excluding hydrogens is 180 g/mol. The van der Waals surface area contributed by atoms with Gasteiger partial charge in [-0.1, -0.05) is 0 Å².